The first-order valence-corrected chi connectivity index (χ1v) is 6.71. The summed E-state index contributed by atoms with van der Waals surface area (Å²) in [5.41, 5.74) is -1.41. The van der Waals surface area contributed by atoms with Gasteiger partial charge in [-0.2, -0.15) is 0 Å². The number of hydrogen-bond acceptors (Lipinski definition) is 2. The van der Waals surface area contributed by atoms with Gasteiger partial charge >= 0.3 is 0 Å². The maximum absolute atomic E-state index is 12.1. The van der Waals surface area contributed by atoms with Crippen LogP contribution in [0.2, 0.25) is 5.02 Å². The van der Waals surface area contributed by atoms with Gasteiger partial charge in [-0.15, -0.1) is 0 Å². The molecule has 1 aromatic rings. The lowest BCUT2D eigenvalue weighted by Crippen LogP contribution is -2.57. The molecule has 100 valence electrons. The van der Waals surface area contributed by atoms with Crippen molar-refractivity contribution >= 4 is 33.4 Å². The van der Waals surface area contributed by atoms with Gasteiger partial charge in [0.25, 0.3) is 5.91 Å². The van der Waals surface area contributed by atoms with Gasteiger partial charge in [-0.05, 0) is 45.9 Å². The highest BCUT2D eigenvalue weighted by atomic mass is 79.9. The molecule has 0 unspecified atom stereocenters. The fourth-order valence-corrected chi connectivity index (χ4v) is 1.94. The van der Waals surface area contributed by atoms with Crippen molar-refractivity contribution in [3.63, 3.8) is 0 Å². The Balaban J connectivity index is 2.96. The van der Waals surface area contributed by atoms with Gasteiger partial charge in [0.2, 0.25) is 0 Å². The highest BCUT2D eigenvalue weighted by Crippen LogP contribution is 2.24. The fraction of sp³-hybridized carbons (Fsp3) is 0.462. The number of rotatable bonds is 3. The SMILES string of the molecule is CC(C)(O)C(C)(C)NC(=O)c1ccc(Br)cc1Cl. The zero-order chi connectivity index (χ0) is 14.1. The van der Waals surface area contributed by atoms with Crippen molar-refractivity contribution in [2.24, 2.45) is 0 Å². The molecule has 1 amide bonds. The molecule has 0 spiro atoms. The Morgan fingerprint density at radius 2 is 1.89 bits per heavy atom. The normalized spacial score (nSPS) is 12.4. The van der Waals surface area contributed by atoms with E-state index in [2.05, 4.69) is 21.2 Å². The van der Waals surface area contributed by atoms with Gasteiger partial charge in [0.15, 0.2) is 0 Å². The third-order valence-electron chi connectivity index (χ3n) is 3.13. The molecule has 1 aromatic carbocycles. The topological polar surface area (TPSA) is 49.3 Å². The third kappa shape index (κ3) is 3.46. The lowest BCUT2D eigenvalue weighted by Gasteiger charge is -2.38. The van der Waals surface area contributed by atoms with E-state index in [0.29, 0.717) is 10.6 Å². The molecule has 0 radical (unpaired) electrons. The Kier molecular flexibility index (Phi) is 4.47. The van der Waals surface area contributed by atoms with Crippen LogP contribution in [0.5, 0.6) is 0 Å². The number of amides is 1. The number of nitrogens with one attached hydrogen (secondary N) is 1. The van der Waals surface area contributed by atoms with Crippen LogP contribution in [0.25, 0.3) is 0 Å². The molecule has 0 bridgehead atoms. The number of carbonyl (C=O) groups excluding carboxylic acids is 1. The van der Waals surface area contributed by atoms with E-state index in [0.717, 1.165) is 4.47 Å². The second kappa shape index (κ2) is 5.19. The van der Waals surface area contributed by atoms with E-state index < -0.39 is 11.1 Å². The summed E-state index contributed by atoms with van der Waals surface area (Å²) >= 11 is 9.30. The van der Waals surface area contributed by atoms with Gasteiger partial charge in [0.05, 0.1) is 21.7 Å². The molecule has 0 heterocycles. The predicted molar refractivity (Wildman–Crippen MR) is 77.0 cm³/mol. The van der Waals surface area contributed by atoms with Crippen molar-refractivity contribution in [1.29, 1.82) is 0 Å². The summed E-state index contributed by atoms with van der Waals surface area (Å²) in [6.45, 7) is 6.82. The second-order valence-corrected chi connectivity index (χ2v) is 6.59. The highest BCUT2D eigenvalue weighted by molar-refractivity contribution is 9.10. The van der Waals surface area contributed by atoms with Crippen molar-refractivity contribution < 1.29 is 9.90 Å². The van der Waals surface area contributed by atoms with Crippen molar-refractivity contribution in [3.05, 3.63) is 33.3 Å². The Morgan fingerprint density at radius 1 is 1.33 bits per heavy atom. The molecular formula is C13H17BrClNO2. The summed E-state index contributed by atoms with van der Waals surface area (Å²) in [4.78, 5) is 12.1. The van der Waals surface area contributed by atoms with E-state index in [1.807, 2.05) is 0 Å². The van der Waals surface area contributed by atoms with Gasteiger partial charge < -0.3 is 10.4 Å². The number of hydrogen-bond donors (Lipinski definition) is 2. The van der Waals surface area contributed by atoms with E-state index in [1.165, 1.54) is 0 Å². The number of halogens is 2. The average molecular weight is 335 g/mol. The number of benzene rings is 1. The Hall–Kier alpha value is -0.580. The number of carbonyl (C=O) groups is 1. The summed E-state index contributed by atoms with van der Waals surface area (Å²) in [5, 5.41) is 13.2. The summed E-state index contributed by atoms with van der Waals surface area (Å²) in [5.74, 6) is -0.306. The minimum Gasteiger partial charge on any atom is -0.388 e. The lowest BCUT2D eigenvalue weighted by molar-refractivity contribution is -0.00292. The molecule has 0 aromatic heterocycles. The quantitative estimate of drug-likeness (QED) is 0.890. The van der Waals surface area contributed by atoms with Crippen molar-refractivity contribution in [1.82, 2.24) is 5.32 Å². The van der Waals surface area contributed by atoms with Crippen LogP contribution in [0.4, 0.5) is 0 Å². The smallest absolute Gasteiger partial charge is 0.253 e. The molecule has 3 nitrogen and oxygen atoms in total. The van der Waals surface area contributed by atoms with Gasteiger partial charge in [-0.3, -0.25) is 4.79 Å². The monoisotopic (exact) mass is 333 g/mol. The molecular weight excluding hydrogens is 318 g/mol. The summed E-state index contributed by atoms with van der Waals surface area (Å²) in [6.07, 6.45) is 0. The van der Waals surface area contributed by atoms with Crippen LogP contribution < -0.4 is 5.32 Å². The molecule has 0 aliphatic rings. The molecule has 0 aliphatic carbocycles. The third-order valence-corrected chi connectivity index (χ3v) is 3.94. The van der Waals surface area contributed by atoms with E-state index >= 15 is 0 Å². The molecule has 0 fully saturated rings. The average Bonchev–Trinajstić information content (AvgIpc) is 2.14. The van der Waals surface area contributed by atoms with Crippen molar-refractivity contribution in [2.75, 3.05) is 0 Å². The van der Waals surface area contributed by atoms with Gasteiger partial charge in [-0.1, -0.05) is 27.5 Å². The standard InChI is InChI=1S/C13H17BrClNO2/c1-12(2,13(3,4)18)16-11(17)9-6-5-8(14)7-10(9)15/h5-7,18H,1-4H3,(H,16,17). The molecule has 0 aliphatic heterocycles. The lowest BCUT2D eigenvalue weighted by atomic mass is 9.86. The molecule has 5 heteroatoms. The van der Waals surface area contributed by atoms with E-state index in [9.17, 15) is 9.90 Å². The van der Waals surface area contributed by atoms with E-state index in [-0.39, 0.29) is 5.91 Å². The van der Waals surface area contributed by atoms with Crippen molar-refractivity contribution in [2.45, 2.75) is 38.8 Å². The summed E-state index contributed by atoms with van der Waals surface area (Å²) in [6, 6.07) is 5.05. The molecule has 0 saturated heterocycles. The maximum atomic E-state index is 12.1. The zero-order valence-corrected chi connectivity index (χ0v) is 13.2. The van der Waals surface area contributed by atoms with Crippen LogP contribution in [0.15, 0.2) is 22.7 Å². The van der Waals surface area contributed by atoms with E-state index in [1.54, 1.807) is 45.9 Å². The first kappa shape index (κ1) is 15.5. The van der Waals surface area contributed by atoms with Gasteiger partial charge in [-0.25, -0.2) is 0 Å². The summed E-state index contributed by atoms with van der Waals surface area (Å²) < 4.78 is 0.811. The first-order chi connectivity index (χ1) is 8.04. The Bertz CT molecular complexity index is 467. The minimum absolute atomic E-state index is 0.306. The minimum atomic E-state index is -1.04. The van der Waals surface area contributed by atoms with Gasteiger partial charge in [0, 0.05) is 4.47 Å². The first-order valence-electron chi connectivity index (χ1n) is 5.54. The maximum Gasteiger partial charge on any atom is 0.253 e. The largest absolute Gasteiger partial charge is 0.388 e. The fourth-order valence-electron chi connectivity index (χ4n) is 1.18. The molecule has 0 atom stereocenters. The Labute approximate surface area is 121 Å². The van der Waals surface area contributed by atoms with Crippen LogP contribution in [0.1, 0.15) is 38.1 Å². The van der Waals surface area contributed by atoms with E-state index in [4.69, 9.17) is 11.6 Å². The molecule has 18 heavy (non-hydrogen) atoms. The Morgan fingerprint density at radius 3 is 2.33 bits per heavy atom. The van der Waals surface area contributed by atoms with Crippen LogP contribution in [0, 0.1) is 0 Å². The van der Waals surface area contributed by atoms with Crippen LogP contribution in [0.3, 0.4) is 0 Å². The van der Waals surface area contributed by atoms with Crippen LogP contribution in [-0.2, 0) is 0 Å². The molecule has 2 N–H and O–H groups in total. The molecule has 1 rings (SSSR count). The second-order valence-electron chi connectivity index (χ2n) is 5.26. The zero-order valence-electron chi connectivity index (χ0n) is 10.8. The summed E-state index contributed by atoms with van der Waals surface area (Å²) in [7, 11) is 0. The predicted octanol–water partition coefficient (Wildman–Crippen LogP) is 3.38. The van der Waals surface area contributed by atoms with Crippen molar-refractivity contribution in [3.8, 4) is 0 Å². The molecule has 0 saturated carbocycles. The van der Waals surface area contributed by atoms with Crippen LogP contribution in [-0.4, -0.2) is 22.2 Å². The highest BCUT2D eigenvalue weighted by Gasteiger charge is 2.36. The van der Waals surface area contributed by atoms with Crippen LogP contribution >= 0.6 is 27.5 Å². The number of aliphatic hydroxyl groups is 1. The van der Waals surface area contributed by atoms with Gasteiger partial charge in [0.1, 0.15) is 0 Å².